The van der Waals surface area contributed by atoms with Gasteiger partial charge in [-0.1, -0.05) is 37.3 Å². The van der Waals surface area contributed by atoms with Crippen LogP contribution < -0.4 is 11.1 Å². The highest BCUT2D eigenvalue weighted by molar-refractivity contribution is 5.78. The molecule has 0 fully saturated rings. The fraction of sp³-hybridized carbons (Fsp3) is 0.500. The van der Waals surface area contributed by atoms with E-state index < -0.39 is 0 Å². The Kier molecular flexibility index (Phi) is 6.15. The van der Waals surface area contributed by atoms with Crippen molar-refractivity contribution in [2.75, 3.05) is 6.54 Å². The van der Waals surface area contributed by atoms with Crippen LogP contribution in [0.15, 0.2) is 35.3 Å². The quantitative estimate of drug-likeness (QED) is 0.585. The monoisotopic (exact) mass is 233 g/mol. The summed E-state index contributed by atoms with van der Waals surface area (Å²) < 4.78 is 0. The molecule has 0 aliphatic rings. The van der Waals surface area contributed by atoms with Gasteiger partial charge in [-0.15, -0.1) is 0 Å². The van der Waals surface area contributed by atoms with Gasteiger partial charge in [-0.25, -0.2) is 0 Å². The lowest BCUT2D eigenvalue weighted by molar-refractivity contribution is 0.602. The number of benzene rings is 1. The van der Waals surface area contributed by atoms with Gasteiger partial charge < -0.3 is 11.1 Å². The first-order chi connectivity index (χ1) is 8.22. The SMILES string of the molecule is CCCN=C(N)NC(C)CCc1ccccc1. The number of nitrogens with zero attached hydrogens (tertiary/aromatic N) is 1. The highest BCUT2D eigenvalue weighted by Gasteiger charge is 2.02. The second-order valence-corrected chi connectivity index (χ2v) is 4.34. The molecule has 1 unspecified atom stereocenters. The van der Waals surface area contributed by atoms with Crippen LogP contribution in [0.2, 0.25) is 0 Å². The Morgan fingerprint density at radius 3 is 2.71 bits per heavy atom. The molecule has 0 spiro atoms. The molecule has 1 atom stereocenters. The molecule has 1 aromatic rings. The molecule has 1 rings (SSSR count). The third-order valence-corrected chi connectivity index (χ3v) is 2.61. The van der Waals surface area contributed by atoms with E-state index in [-0.39, 0.29) is 0 Å². The van der Waals surface area contributed by atoms with Crippen LogP contribution >= 0.6 is 0 Å². The molecule has 0 bridgehead atoms. The predicted octanol–water partition coefficient (Wildman–Crippen LogP) is 2.32. The summed E-state index contributed by atoms with van der Waals surface area (Å²) in [5.74, 6) is 0.562. The Balaban J connectivity index is 2.28. The Labute approximate surface area is 104 Å². The van der Waals surface area contributed by atoms with Gasteiger partial charge in [0, 0.05) is 12.6 Å². The number of aryl methyl sites for hydroxylation is 1. The Bertz CT molecular complexity index is 333. The van der Waals surface area contributed by atoms with Crippen molar-refractivity contribution in [3.05, 3.63) is 35.9 Å². The van der Waals surface area contributed by atoms with Crippen LogP contribution in [0.1, 0.15) is 32.3 Å². The van der Waals surface area contributed by atoms with Crippen LogP contribution in [0.5, 0.6) is 0 Å². The first kappa shape index (κ1) is 13.6. The van der Waals surface area contributed by atoms with E-state index in [1.165, 1.54) is 5.56 Å². The van der Waals surface area contributed by atoms with E-state index in [1.807, 2.05) is 6.07 Å². The standard InChI is InChI=1S/C14H23N3/c1-3-11-16-14(15)17-12(2)9-10-13-7-5-4-6-8-13/h4-8,12H,3,9-11H2,1-2H3,(H3,15,16,17). The van der Waals surface area contributed by atoms with Crippen LogP contribution in [-0.2, 0) is 6.42 Å². The Hall–Kier alpha value is -1.51. The molecule has 3 heteroatoms. The molecule has 0 heterocycles. The summed E-state index contributed by atoms with van der Waals surface area (Å²) in [5.41, 5.74) is 7.13. The summed E-state index contributed by atoms with van der Waals surface area (Å²) in [7, 11) is 0. The highest BCUT2D eigenvalue weighted by Crippen LogP contribution is 2.04. The largest absolute Gasteiger partial charge is 0.370 e. The molecule has 0 aromatic heterocycles. The number of nitrogens with one attached hydrogen (secondary N) is 1. The lowest BCUT2D eigenvalue weighted by Gasteiger charge is -2.14. The minimum atomic E-state index is 0.357. The van der Waals surface area contributed by atoms with Gasteiger partial charge in [-0.2, -0.15) is 0 Å². The van der Waals surface area contributed by atoms with Crippen molar-refractivity contribution in [2.45, 2.75) is 39.2 Å². The molecule has 0 saturated carbocycles. The lowest BCUT2D eigenvalue weighted by atomic mass is 10.1. The zero-order valence-corrected chi connectivity index (χ0v) is 10.8. The molecule has 3 nitrogen and oxygen atoms in total. The van der Waals surface area contributed by atoms with Crippen LogP contribution in [0.3, 0.4) is 0 Å². The van der Waals surface area contributed by atoms with Crippen molar-refractivity contribution < 1.29 is 0 Å². The lowest BCUT2D eigenvalue weighted by Crippen LogP contribution is -2.38. The summed E-state index contributed by atoms with van der Waals surface area (Å²) in [6.07, 6.45) is 3.16. The van der Waals surface area contributed by atoms with Crippen LogP contribution in [0, 0.1) is 0 Å². The second-order valence-electron chi connectivity index (χ2n) is 4.34. The first-order valence-electron chi connectivity index (χ1n) is 6.32. The van der Waals surface area contributed by atoms with Crippen molar-refractivity contribution >= 4 is 5.96 Å². The maximum atomic E-state index is 5.77. The molecule has 1 aromatic carbocycles. The van der Waals surface area contributed by atoms with Crippen molar-refractivity contribution in [2.24, 2.45) is 10.7 Å². The smallest absolute Gasteiger partial charge is 0.188 e. The first-order valence-corrected chi connectivity index (χ1v) is 6.32. The second kappa shape index (κ2) is 7.71. The van der Waals surface area contributed by atoms with E-state index in [9.17, 15) is 0 Å². The van der Waals surface area contributed by atoms with Gasteiger partial charge in [-0.3, -0.25) is 4.99 Å². The van der Waals surface area contributed by atoms with Gasteiger partial charge in [0.15, 0.2) is 5.96 Å². The van der Waals surface area contributed by atoms with E-state index in [1.54, 1.807) is 0 Å². The zero-order chi connectivity index (χ0) is 12.5. The molecule has 94 valence electrons. The maximum absolute atomic E-state index is 5.77. The van der Waals surface area contributed by atoms with Crippen molar-refractivity contribution in [3.63, 3.8) is 0 Å². The number of aliphatic imine (C=N–C) groups is 1. The third kappa shape index (κ3) is 5.95. The van der Waals surface area contributed by atoms with E-state index >= 15 is 0 Å². The summed E-state index contributed by atoms with van der Waals surface area (Å²) in [4.78, 5) is 4.22. The van der Waals surface area contributed by atoms with Gasteiger partial charge in [0.2, 0.25) is 0 Å². The van der Waals surface area contributed by atoms with E-state index in [2.05, 4.69) is 48.4 Å². The maximum Gasteiger partial charge on any atom is 0.188 e. The number of guanidine groups is 1. The van der Waals surface area contributed by atoms with Crippen molar-refractivity contribution in [1.29, 1.82) is 0 Å². The average molecular weight is 233 g/mol. The molecule has 0 aliphatic heterocycles. The highest BCUT2D eigenvalue weighted by atomic mass is 15.1. The number of nitrogens with two attached hydrogens (primary N) is 1. The number of rotatable bonds is 6. The molecular weight excluding hydrogens is 210 g/mol. The van der Waals surface area contributed by atoms with Gasteiger partial charge in [0.1, 0.15) is 0 Å². The van der Waals surface area contributed by atoms with Crippen LogP contribution in [0.4, 0.5) is 0 Å². The fourth-order valence-corrected chi connectivity index (χ4v) is 1.63. The molecule has 0 radical (unpaired) electrons. The molecule has 17 heavy (non-hydrogen) atoms. The van der Waals surface area contributed by atoms with E-state index in [0.717, 1.165) is 25.8 Å². The average Bonchev–Trinajstić information content (AvgIpc) is 2.35. The number of hydrogen-bond donors (Lipinski definition) is 2. The van der Waals surface area contributed by atoms with E-state index in [0.29, 0.717) is 12.0 Å². The van der Waals surface area contributed by atoms with Gasteiger partial charge >= 0.3 is 0 Å². The molecular formula is C14H23N3. The van der Waals surface area contributed by atoms with Crippen molar-refractivity contribution in [3.8, 4) is 0 Å². The minimum Gasteiger partial charge on any atom is -0.370 e. The predicted molar refractivity (Wildman–Crippen MR) is 74.1 cm³/mol. The molecule has 0 amide bonds. The molecule has 3 N–H and O–H groups in total. The zero-order valence-electron chi connectivity index (χ0n) is 10.8. The fourth-order valence-electron chi connectivity index (χ4n) is 1.63. The topological polar surface area (TPSA) is 50.4 Å². The van der Waals surface area contributed by atoms with E-state index in [4.69, 9.17) is 5.73 Å². The summed E-state index contributed by atoms with van der Waals surface area (Å²) in [5, 5.41) is 3.21. The number of hydrogen-bond acceptors (Lipinski definition) is 1. The molecule has 0 aliphatic carbocycles. The third-order valence-electron chi connectivity index (χ3n) is 2.61. The van der Waals surface area contributed by atoms with Crippen molar-refractivity contribution in [1.82, 2.24) is 5.32 Å². The summed E-state index contributed by atoms with van der Waals surface area (Å²) in [6.45, 7) is 5.02. The Morgan fingerprint density at radius 1 is 1.35 bits per heavy atom. The van der Waals surface area contributed by atoms with Crippen LogP contribution in [-0.4, -0.2) is 18.5 Å². The minimum absolute atomic E-state index is 0.357. The van der Waals surface area contributed by atoms with Gasteiger partial charge in [0.25, 0.3) is 0 Å². The Morgan fingerprint density at radius 2 is 2.06 bits per heavy atom. The van der Waals surface area contributed by atoms with Crippen LogP contribution in [0.25, 0.3) is 0 Å². The summed E-state index contributed by atoms with van der Waals surface area (Å²) >= 11 is 0. The normalized spacial score (nSPS) is 13.4. The van der Waals surface area contributed by atoms with Gasteiger partial charge in [0.05, 0.1) is 0 Å². The summed E-state index contributed by atoms with van der Waals surface area (Å²) in [6, 6.07) is 10.9. The molecule has 0 saturated heterocycles. The van der Waals surface area contributed by atoms with Gasteiger partial charge in [-0.05, 0) is 31.7 Å².